The molecular weight excluding hydrogens is 449 g/mol. The van der Waals surface area contributed by atoms with Crippen molar-refractivity contribution in [3.8, 4) is 10.4 Å². The maximum absolute atomic E-state index is 13.7. The van der Waals surface area contributed by atoms with E-state index in [1.54, 1.807) is 29.5 Å². The monoisotopic (exact) mass is 479 g/mol. The van der Waals surface area contributed by atoms with Crippen LogP contribution in [-0.2, 0) is 11.3 Å². The fraction of sp³-hybridized carbons (Fsp3) is 0.333. The fourth-order valence-corrected chi connectivity index (χ4v) is 5.46. The molecule has 34 heavy (non-hydrogen) atoms. The van der Waals surface area contributed by atoms with Crippen LogP contribution in [0.4, 0.5) is 9.52 Å². The van der Waals surface area contributed by atoms with Gasteiger partial charge < -0.3 is 10.0 Å². The average molecular weight is 480 g/mol. The number of thiazole rings is 1. The van der Waals surface area contributed by atoms with Gasteiger partial charge >= 0.3 is 5.97 Å². The number of carbonyl (C=O) groups is 1. The lowest BCUT2D eigenvalue weighted by Crippen LogP contribution is -2.53. The van der Waals surface area contributed by atoms with Crippen LogP contribution < -0.4 is 4.90 Å². The van der Waals surface area contributed by atoms with E-state index in [9.17, 15) is 9.18 Å². The zero-order valence-electron chi connectivity index (χ0n) is 19.5. The second-order valence-electron chi connectivity index (χ2n) is 9.15. The summed E-state index contributed by atoms with van der Waals surface area (Å²) in [6.07, 6.45) is 5.71. The van der Waals surface area contributed by atoms with Gasteiger partial charge in [-0.1, -0.05) is 61.6 Å². The largest absolute Gasteiger partial charge is 0.478 e. The summed E-state index contributed by atoms with van der Waals surface area (Å²) in [5.74, 6) is -0.623. The summed E-state index contributed by atoms with van der Waals surface area (Å²) in [5.41, 5.74) is 2.93. The van der Waals surface area contributed by atoms with Gasteiger partial charge in [0.1, 0.15) is 5.82 Å². The topological polar surface area (TPSA) is 56.7 Å². The Labute approximate surface area is 204 Å². The molecule has 7 heteroatoms. The quantitative estimate of drug-likeness (QED) is 0.415. The zero-order chi connectivity index (χ0) is 24.1. The zero-order valence-corrected chi connectivity index (χ0v) is 20.3. The molecule has 2 aromatic carbocycles. The van der Waals surface area contributed by atoms with Gasteiger partial charge in [-0.05, 0) is 47.2 Å². The minimum atomic E-state index is -0.944. The first kappa shape index (κ1) is 24.1. The number of aliphatic carboxylic acids is 1. The smallest absolute Gasteiger partial charge is 0.328 e. The van der Waals surface area contributed by atoms with Crippen molar-refractivity contribution in [2.75, 3.05) is 24.5 Å². The van der Waals surface area contributed by atoms with Gasteiger partial charge in [0, 0.05) is 44.5 Å². The van der Waals surface area contributed by atoms with E-state index in [0.717, 1.165) is 53.7 Å². The van der Waals surface area contributed by atoms with E-state index >= 15 is 0 Å². The van der Waals surface area contributed by atoms with Crippen molar-refractivity contribution in [1.82, 2.24) is 9.88 Å². The Morgan fingerprint density at radius 1 is 1.24 bits per heavy atom. The first-order valence-electron chi connectivity index (χ1n) is 11.6. The highest BCUT2D eigenvalue weighted by atomic mass is 32.1. The Bertz CT molecular complexity index is 1160. The lowest BCUT2D eigenvalue weighted by Gasteiger charge is -2.42. The second-order valence-corrected chi connectivity index (χ2v) is 10.2. The first-order chi connectivity index (χ1) is 16.4. The van der Waals surface area contributed by atoms with Crippen LogP contribution in [-0.4, -0.2) is 46.6 Å². The molecule has 178 valence electrons. The van der Waals surface area contributed by atoms with Gasteiger partial charge in [0.05, 0.1) is 4.88 Å². The van der Waals surface area contributed by atoms with E-state index < -0.39 is 5.97 Å². The Morgan fingerprint density at radius 3 is 2.82 bits per heavy atom. The molecule has 1 aliphatic rings. The third kappa shape index (κ3) is 6.30. The van der Waals surface area contributed by atoms with Gasteiger partial charge in [-0.15, -0.1) is 0 Å². The van der Waals surface area contributed by atoms with Crippen LogP contribution in [0.2, 0.25) is 0 Å². The van der Waals surface area contributed by atoms with Crippen molar-refractivity contribution < 1.29 is 14.3 Å². The fourth-order valence-electron chi connectivity index (χ4n) is 4.45. The molecule has 3 aromatic rings. The molecule has 0 aliphatic carbocycles. The molecule has 4 rings (SSSR count). The Hall–Kier alpha value is -3.03. The van der Waals surface area contributed by atoms with Crippen molar-refractivity contribution in [1.29, 1.82) is 0 Å². The minimum Gasteiger partial charge on any atom is -0.478 e. The molecular formula is C27H30FN3O2S. The van der Waals surface area contributed by atoms with Gasteiger partial charge in [-0.25, -0.2) is 14.2 Å². The summed E-state index contributed by atoms with van der Waals surface area (Å²) in [6, 6.07) is 15.0. The summed E-state index contributed by atoms with van der Waals surface area (Å²) in [6.45, 7) is 8.04. The number of halogens is 1. The van der Waals surface area contributed by atoms with Crippen molar-refractivity contribution in [3.05, 3.63) is 77.7 Å². The van der Waals surface area contributed by atoms with Gasteiger partial charge in [0.15, 0.2) is 5.13 Å². The summed E-state index contributed by atoms with van der Waals surface area (Å²) in [7, 11) is 0. The SMILES string of the molecule is CC(C)C[C@@H]1CN(Cc2cccc(C=CC(=O)O)c2)CCN1c1ncc(-c2cccc(F)c2)s1. The van der Waals surface area contributed by atoms with Crippen LogP contribution in [0.3, 0.4) is 0 Å². The minimum absolute atomic E-state index is 0.235. The molecule has 0 spiro atoms. The molecule has 1 atom stereocenters. The highest BCUT2D eigenvalue weighted by Crippen LogP contribution is 2.34. The molecule has 0 radical (unpaired) electrons. The van der Waals surface area contributed by atoms with E-state index in [1.807, 2.05) is 24.4 Å². The van der Waals surface area contributed by atoms with Gasteiger partial charge in [0.25, 0.3) is 0 Å². The summed E-state index contributed by atoms with van der Waals surface area (Å²) in [5, 5.41) is 9.87. The molecule has 0 unspecified atom stereocenters. The number of anilines is 1. The molecule has 5 nitrogen and oxygen atoms in total. The predicted molar refractivity (Wildman–Crippen MR) is 136 cm³/mol. The molecule has 1 fully saturated rings. The molecule has 1 saturated heterocycles. The molecule has 0 amide bonds. The number of rotatable bonds is 8. The van der Waals surface area contributed by atoms with Crippen molar-refractivity contribution in [3.63, 3.8) is 0 Å². The third-order valence-electron chi connectivity index (χ3n) is 5.93. The number of hydrogen-bond acceptors (Lipinski definition) is 5. The van der Waals surface area contributed by atoms with Crippen LogP contribution >= 0.6 is 11.3 Å². The van der Waals surface area contributed by atoms with E-state index in [1.165, 1.54) is 17.7 Å². The number of benzene rings is 2. The lowest BCUT2D eigenvalue weighted by molar-refractivity contribution is -0.131. The summed E-state index contributed by atoms with van der Waals surface area (Å²) < 4.78 is 13.7. The summed E-state index contributed by atoms with van der Waals surface area (Å²) >= 11 is 1.62. The van der Waals surface area contributed by atoms with Crippen molar-refractivity contribution in [2.45, 2.75) is 32.9 Å². The number of piperazine rings is 1. The van der Waals surface area contributed by atoms with Gasteiger partial charge in [-0.2, -0.15) is 0 Å². The van der Waals surface area contributed by atoms with Crippen molar-refractivity contribution >= 4 is 28.5 Å². The van der Waals surface area contributed by atoms with E-state index in [0.29, 0.717) is 12.0 Å². The molecule has 0 bridgehead atoms. The molecule has 2 heterocycles. The van der Waals surface area contributed by atoms with Crippen LogP contribution in [0, 0.1) is 11.7 Å². The van der Waals surface area contributed by atoms with Crippen LogP contribution in [0.5, 0.6) is 0 Å². The van der Waals surface area contributed by atoms with Crippen LogP contribution in [0.1, 0.15) is 31.4 Å². The molecule has 1 aliphatic heterocycles. The highest BCUT2D eigenvalue weighted by molar-refractivity contribution is 7.18. The van der Waals surface area contributed by atoms with Gasteiger partial charge in [0.2, 0.25) is 0 Å². The lowest BCUT2D eigenvalue weighted by atomic mass is 10.00. The summed E-state index contributed by atoms with van der Waals surface area (Å²) in [4.78, 5) is 21.4. The Kier molecular flexibility index (Phi) is 7.75. The molecule has 1 N–H and O–H groups in total. The molecule has 1 aromatic heterocycles. The predicted octanol–water partition coefficient (Wildman–Crippen LogP) is 5.78. The number of hydrogen-bond donors (Lipinski definition) is 1. The van der Waals surface area contributed by atoms with E-state index in [4.69, 9.17) is 10.1 Å². The Morgan fingerprint density at radius 2 is 2.06 bits per heavy atom. The standard InChI is InChI=1S/C27H30FN3O2S/c1-19(2)13-24-18-30(17-21-6-3-5-20(14-21)9-10-26(32)33)11-12-31(24)27-29-16-25(34-27)22-7-4-8-23(28)15-22/h3-10,14-16,19,24H,11-13,17-18H2,1-2H3,(H,32,33)/t24-/m1/s1. The van der Waals surface area contributed by atoms with Gasteiger partial charge in [-0.3, -0.25) is 4.90 Å². The maximum atomic E-state index is 13.7. The van der Waals surface area contributed by atoms with E-state index in [-0.39, 0.29) is 5.82 Å². The highest BCUT2D eigenvalue weighted by Gasteiger charge is 2.29. The number of nitrogens with zero attached hydrogens (tertiary/aromatic N) is 3. The van der Waals surface area contributed by atoms with E-state index in [2.05, 4.69) is 35.8 Å². The number of carboxylic acid groups (broad SMARTS) is 1. The average Bonchev–Trinajstić information content (AvgIpc) is 3.28. The third-order valence-corrected chi connectivity index (χ3v) is 7.02. The maximum Gasteiger partial charge on any atom is 0.328 e. The second kappa shape index (κ2) is 10.9. The number of carboxylic acids is 1. The van der Waals surface area contributed by atoms with Crippen LogP contribution in [0.15, 0.2) is 60.8 Å². The van der Waals surface area contributed by atoms with Crippen molar-refractivity contribution in [2.24, 2.45) is 5.92 Å². The normalized spacial score (nSPS) is 17.1. The molecule has 0 saturated carbocycles. The Balaban J connectivity index is 1.47. The van der Waals surface area contributed by atoms with Crippen LogP contribution in [0.25, 0.3) is 16.5 Å². The first-order valence-corrected chi connectivity index (χ1v) is 12.4. The number of aromatic nitrogens is 1.